The maximum Gasteiger partial charge on any atom is 0.340 e. The molecule has 10 heteroatoms. The fraction of sp³-hybridized carbons (Fsp3) is 0.400. The van der Waals surface area contributed by atoms with E-state index in [1.54, 1.807) is 6.07 Å². The van der Waals surface area contributed by atoms with Crippen LogP contribution in [-0.2, 0) is 42.9 Å². The standard InChI is InChI=1S/C15H18O9S/c1-21-12(16)9-15(14(18)23-3,10-13(17)22-2)24-25(19,20)11-7-5-4-6-8-11/h4-8H,9-10H2,1-3H3. The van der Waals surface area contributed by atoms with Crippen molar-refractivity contribution in [1.29, 1.82) is 0 Å². The van der Waals surface area contributed by atoms with Crippen molar-refractivity contribution in [3.63, 3.8) is 0 Å². The van der Waals surface area contributed by atoms with E-state index >= 15 is 0 Å². The van der Waals surface area contributed by atoms with Crippen LogP contribution in [0.15, 0.2) is 35.2 Å². The second-order valence-electron chi connectivity index (χ2n) is 4.84. The molecule has 0 aliphatic carbocycles. The molecule has 9 nitrogen and oxygen atoms in total. The molecule has 1 rings (SSSR count). The first kappa shape index (κ1) is 20.6. The number of benzene rings is 1. The number of methoxy groups -OCH3 is 3. The summed E-state index contributed by atoms with van der Waals surface area (Å²) in [5.74, 6) is -3.18. The average Bonchev–Trinajstić information content (AvgIpc) is 2.60. The third-order valence-electron chi connectivity index (χ3n) is 3.17. The Balaban J connectivity index is 3.38. The first-order chi connectivity index (χ1) is 11.7. The summed E-state index contributed by atoms with van der Waals surface area (Å²) in [7, 11) is -1.46. The lowest BCUT2D eigenvalue weighted by Crippen LogP contribution is -2.48. The molecule has 0 atom stereocenters. The van der Waals surface area contributed by atoms with Gasteiger partial charge in [-0.1, -0.05) is 18.2 Å². The first-order valence-electron chi connectivity index (χ1n) is 6.93. The first-order valence-corrected chi connectivity index (χ1v) is 8.34. The van der Waals surface area contributed by atoms with Crippen LogP contribution < -0.4 is 0 Å². The number of ether oxygens (including phenoxy) is 3. The van der Waals surface area contributed by atoms with E-state index < -0.39 is 46.5 Å². The highest BCUT2D eigenvalue weighted by Crippen LogP contribution is 2.29. The molecule has 0 radical (unpaired) electrons. The monoisotopic (exact) mass is 374 g/mol. The zero-order valence-electron chi connectivity index (χ0n) is 13.9. The number of hydrogen-bond acceptors (Lipinski definition) is 9. The molecule has 1 aromatic carbocycles. The fourth-order valence-corrected chi connectivity index (χ4v) is 3.13. The normalized spacial score (nSPS) is 11.5. The number of esters is 3. The van der Waals surface area contributed by atoms with E-state index in [1.165, 1.54) is 24.3 Å². The molecule has 0 saturated heterocycles. The van der Waals surface area contributed by atoms with Gasteiger partial charge in [-0.2, -0.15) is 8.42 Å². The van der Waals surface area contributed by atoms with E-state index in [-0.39, 0.29) is 4.90 Å². The number of carbonyl (C=O) groups is 3. The zero-order chi connectivity index (χ0) is 19.1. The molecular weight excluding hydrogens is 356 g/mol. The molecular formula is C15H18O9S. The van der Waals surface area contributed by atoms with Crippen molar-refractivity contribution >= 4 is 28.0 Å². The SMILES string of the molecule is COC(=O)CC(CC(=O)OC)(OS(=O)(=O)c1ccccc1)C(=O)OC. The lowest BCUT2D eigenvalue weighted by Gasteiger charge is -2.28. The molecule has 0 fully saturated rings. The summed E-state index contributed by atoms with van der Waals surface area (Å²) in [6.45, 7) is 0. The minimum Gasteiger partial charge on any atom is -0.469 e. The van der Waals surface area contributed by atoms with Gasteiger partial charge in [0.1, 0.15) is 0 Å². The second-order valence-corrected chi connectivity index (χ2v) is 6.39. The van der Waals surface area contributed by atoms with E-state index in [2.05, 4.69) is 14.2 Å². The van der Waals surface area contributed by atoms with Crippen molar-refractivity contribution in [2.45, 2.75) is 23.3 Å². The Labute approximate surface area is 144 Å². The summed E-state index contributed by atoms with van der Waals surface area (Å²) >= 11 is 0. The van der Waals surface area contributed by atoms with Crippen LogP contribution in [0.3, 0.4) is 0 Å². The van der Waals surface area contributed by atoms with Crippen LogP contribution in [0.5, 0.6) is 0 Å². The van der Waals surface area contributed by atoms with Gasteiger partial charge in [0.2, 0.25) is 5.60 Å². The summed E-state index contributed by atoms with van der Waals surface area (Å²) in [5.41, 5.74) is -2.45. The average molecular weight is 374 g/mol. The van der Waals surface area contributed by atoms with Gasteiger partial charge in [-0.3, -0.25) is 9.59 Å². The van der Waals surface area contributed by atoms with Crippen LogP contribution in [0.4, 0.5) is 0 Å². The highest BCUT2D eigenvalue weighted by Gasteiger charge is 2.50. The quantitative estimate of drug-likeness (QED) is 0.362. The Kier molecular flexibility index (Phi) is 7.07. The van der Waals surface area contributed by atoms with Gasteiger partial charge >= 0.3 is 17.9 Å². The van der Waals surface area contributed by atoms with Gasteiger partial charge < -0.3 is 14.2 Å². The summed E-state index contributed by atoms with van der Waals surface area (Å²) in [6.07, 6.45) is -1.73. The Bertz CT molecular complexity index is 707. The predicted octanol–water partition coefficient (Wildman–Crippen LogP) is 0.430. The van der Waals surface area contributed by atoms with Crippen molar-refractivity contribution in [3.05, 3.63) is 30.3 Å². The van der Waals surface area contributed by atoms with Gasteiger partial charge in [-0.25, -0.2) is 8.98 Å². The maximum absolute atomic E-state index is 12.5. The summed E-state index contributed by atoms with van der Waals surface area (Å²) in [4.78, 5) is 35.3. The summed E-state index contributed by atoms with van der Waals surface area (Å²) in [5, 5.41) is 0. The van der Waals surface area contributed by atoms with Crippen LogP contribution in [0, 0.1) is 0 Å². The van der Waals surface area contributed by atoms with E-state index in [0.29, 0.717) is 0 Å². The van der Waals surface area contributed by atoms with E-state index in [9.17, 15) is 22.8 Å². The Morgan fingerprint density at radius 2 is 1.36 bits per heavy atom. The highest BCUT2D eigenvalue weighted by atomic mass is 32.2. The largest absolute Gasteiger partial charge is 0.469 e. The maximum atomic E-state index is 12.5. The van der Waals surface area contributed by atoms with E-state index in [1.807, 2.05) is 0 Å². The van der Waals surface area contributed by atoms with Crippen molar-refractivity contribution in [2.75, 3.05) is 21.3 Å². The predicted molar refractivity (Wildman–Crippen MR) is 82.7 cm³/mol. The molecule has 0 bridgehead atoms. The third-order valence-corrected chi connectivity index (χ3v) is 4.56. The van der Waals surface area contributed by atoms with E-state index in [0.717, 1.165) is 21.3 Å². The number of carbonyl (C=O) groups excluding carboxylic acids is 3. The topological polar surface area (TPSA) is 122 Å². The van der Waals surface area contributed by atoms with Gasteiger partial charge in [0, 0.05) is 0 Å². The molecule has 25 heavy (non-hydrogen) atoms. The molecule has 0 saturated carbocycles. The summed E-state index contributed by atoms with van der Waals surface area (Å²) < 4.78 is 43.4. The second kappa shape index (κ2) is 8.58. The molecule has 0 heterocycles. The van der Waals surface area contributed by atoms with Gasteiger partial charge in [0.15, 0.2) is 0 Å². The minimum absolute atomic E-state index is 0.266. The van der Waals surface area contributed by atoms with Crippen molar-refractivity contribution in [2.24, 2.45) is 0 Å². The van der Waals surface area contributed by atoms with E-state index in [4.69, 9.17) is 4.18 Å². The molecule has 1 aromatic rings. The van der Waals surface area contributed by atoms with Gasteiger partial charge in [-0.15, -0.1) is 0 Å². The number of rotatable bonds is 8. The summed E-state index contributed by atoms with van der Waals surface area (Å²) in [6, 6.07) is 6.92. The van der Waals surface area contributed by atoms with Gasteiger partial charge in [-0.05, 0) is 12.1 Å². The van der Waals surface area contributed by atoms with Crippen LogP contribution in [0.25, 0.3) is 0 Å². The fourth-order valence-electron chi connectivity index (χ4n) is 1.94. The molecule has 0 unspecified atom stereocenters. The molecule has 138 valence electrons. The van der Waals surface area contributed by atoms with Crippen LogP contribution in [0.1, 0.15) is 12.8 Å². The van der Waals surface area contributed by atoms with Crippen LogP contribution in [-0.4, -0.2) is 53.3 Å². The third kappa shape index (κ3) is 5.26. The Hall–Kier alpha value is -2.46. The Morgan fingerprint density at radius 1 is 0.880 bits per heavy atom. The smallest absolute Gasteiger partial charge is 0.340 e. The molecule has 0 aliphatic rings. The lowest BCUT2D eigenvalue weighted by atomic mass is 9.95. The number of hydrogen-bond donors (Lipinski definition) is 0. The van der Waals surface area contributed by atoms with Crippen LogP contribution >= 0.6 is 0 Å². The molecule has 0 N–H and O–H groups in total. The highest BCUT2D eigenvalue weighted by molar-refractivity contribution is 7.86. The molecule has 0 spiro atoms. The van der Waals surface area contributed by atoms with Crippen LogP contribution in [0.2, 0.25) is 0 Å². The molecule has 0 aromatic heterocycles. The molecule has 0 aliphatic heterocycles. The minimum atomic E-state index is -4.50. The van der Waals surface area contributed by atoms with Crippen molar-refractivity contribution in [1.82, 2.24) is 0 Å². The van der Waals surface area contributed by atoms with Gasteiger partial charge in [0.25, 0.3) is 10.1 Å². The molecule has 0 amide bonds. The van der Waals surface area contributed by atoms with Gasteiger partial charge in [0.05, 0.1) is 39.1 Å². The zero-order valence-corrected chi connectivity index (χ0v) is 14.7. The lowest BCUT2D eigenvalue weighted by molar-refractivity contribution is -0.170. The Morgan fingerprint density at radius 3 is 1.76 bits per heavy atom. The van der Waals surface area contributed by atoms with Crippen molar-refractivity contribution < 1.29 is 41.2 Å². The van der Waals surface area contributed by atoms with Crippen molar-refractivity contribution in [3.8, 4) is 0 Å².